The Morgan fingerprint density at radius 3 is 2.35 bits per heavy atom. The third kappa shape index (κ3) is 4.42. The van der Waals surface area contributed by atoms with Crippen molar-refractivity contribution in [3.63, 3.8) is 0 Å². The van der Waals surface area contributed by atoms with E-state index in [0.29, 0.717) is 0 Å². The molecule has 1 aliphatic heterocycles. The van der Waals surface area contributed by atoms with Crippen molar-refractivity contribution >= 4 is 11.6 Å². The number of aromatic hydroxyl groups is 1. The Morgan fingerprint density at radius 1 is 1.00 bits per heavy atom. The fourth-order valence-electron chi connectivity index (χ4n) is 2.68. The van der Waals surface area contributed by atoms with Gasteiger partial charge in [-0.1, -0.05) is 60.7 Å². The van der Waals surface area contributed by atoms with E-state index in [9.17, 15) is 5.11 Å². The first kappa shape index (κ1) is 17.6. The molecule has 26 heavy (non-hydrogen) atoms. The Balaban J connectivity index is 1.70. The van der Waals surface area contributed by atoms with E-state index in [1.54, 1.807) is 12.1 Å². The lowest BCUT2D eigenvalue weighted by Crippen LogP contribution is -2.10. The van der Waals surface area contributed by atoms with Gasteiger partial charge in [-0.15, -0.1) is 0 Å². The van der Waals surface area contributed by atoms with E-state index >= 15 is 0 Å². The largest absolute Gasteiger partial charge is 0.508 e. The van der Waals surface area contributed by atoms with Gasteiger partial charge in [0.25, 0.3) is 0 Å². The lowest BCUT2D eigenvalue weighted by molar-refractivity contribution is 0.475. The van der Waals surface area contributed by atoms with Crippen molar-refractivity contribution in [2.75, 3.05) is 0 Å². The Hall–Kier alpha value is -3.26. The fourth-order valence-corrected chi connectivity index (χ4v) is 2.68. The molecule has 3 rings (SSSR count). The van der Waals surface area contributed by atoms with Crippen LogP contribution in [0.3, 0.4) is 0 Å². The van der Waals surface area contributed by atoms with Crippen molar-refractivity contribution in [2.24, 2.45) is 0 Å². The first-order valence-electron chi connectivity index (χ1n) is 8.61. The second kappa shape index (κ2) is 7.75. The normalized spacial score (nSPS) is 14.8. The molecule has 2 aromatic rings. The second-order valence-electron chi connectivity index (χ2n) is 6.46. The maximum atomic E-state index is 9.34. The summed E-state index contributed by atoms with van der Waals surface area (Å²) in [5.74, 6) is 0.277. The molecule has 2 heteroatoms. The van der Waals surface area contributed by atoms with Crippen molar-refractivity contribution in [3.05, 3.63) is 114 Å². The van der Waals surface area contributed by atoms with Crippen LogP contribution in [0.2, 0.25) is 0 Å². The minimum atomic E-state index is 0.277. The summed E-state index contributed by atoms with van der Waals surface area (Å²) in [5.41, 5.74) is 6.70. The molecule has 0 saturated heterocycles. The van der Waals surface area contributed by atoms with Crippen LogP contribution in [0, 0.1) is 6.92 Å². The molecule has 0 aliphatic carbocycles. The van der Waals surface area contributed by atoms with Gasteiger partial charge in [-0.25, -0.2) is 0 Å². The smallest absolute Gasteiger partial charge is 0.115 e. The maximum absolute atomic E-state index is 9.34. The molecule has 0 fully saturated rings. The standard InChI is InChI=1S/C24H23NO/c1-18-4-10-23(11-5-18)19(2)17-25-15-14-22(16-20(25)3)7-6-21-8-12-24(26)13-9-21/h4-17,26H,3H2,1-2H3/b7-6+,19-17+. The minimum absolute atomic E-state index is 0.277. The molecule has 1 aliphatic rings. The number of allylic oxidation sites excluding steroid dienone is 5. The molecule has 0 saturated carbocycles. The summed E-state index contributed by atoms with van der Waals surface area (Å²) in [5, 5.41) is 9.34. The zero-order valence-corrected chi connectivity index (χ0v) is 15.2. The first-order chi connectivity index (χ1) is 12.5. The van der Waals surface area contributed by atoms with Crippen molar-refractivity contribution in [3.8, 4) is 5.75 Å². The van der Waals surface area contributed by atoms with E-state index in [4.69, 9.17) is 0 Å². The van der Waals surface area contributed by atoms with Crippen molar-refractivity contribution in [1.82, 2.24) is 4.90 Å². The number of benzene rings is 2. The summed E-state index contributed by atoms with van der Waals surface area (Å²) >= 11 is 0. The molecule has 0 spiro atoms. The highest BCUT2D eigenvalue weighted by Crippen LogP contribution is 2.22. The molecule has 1 N–H and O–H groups in total. The number of aryl methyl sites for hydroxylation is 1. The summed E-state index contributed by atoms with van der Waals surface area (Å²) in [4.78, 5) is 2.03. The first-order valence-corrected chi connectivity index (χ1v) is 8.61. The van der Waals surface area contributed by atoms with Gasteiger partial charge in [-0.05, 0) is 60.4 Å². The molecule has 0 bridgehead atoms. The lowest BCUT2D eigenvalue weighted by atomic mass is 10.1. The number of phenolic OH excluding ortho intramolecular Hbond substituents is 1. The van der Waals surface area contributed by atoms with Gasteiger partial charge in [-0.2, -0.15) is 0 Å². The zero-order valence-electron chi connectivity index (χ0n) is 15.2. The van der Waals surface area contributed by atoms with Crippen molar-refractivity contribution < 1.29 is 5.11 Å². The highest BCUT2D eigenvalue weighted by molar-refractivity contribution is 5.64. The Labute approximate surface area is 155 Å². The van der Waals surface area contributed by atoms with Crippen LogP contribution >= 0.6 is 0 Å². The van der Waals surface area contributed by atoms with Crippen LogP contribution in [0.1, 0.15) is 23.6 Å². The van der Waals surface area contributed by atoms with Gasteiger partial charge in [-0.3, -0.25) is 0 Å². The van der Waals surface area contributed by atoms with E-state index in [-0.39, 0.29) is 5.75 Å². The van der Waals surface area contributed by atoms with Crippen LogP contribution in [0.4, 0.5) is 0 Å². The van der Waals surface area contributed by atoms with Crippen LogP contribution in [-0.2, 0) is 0 Å². The predicted molar refractivity (Wildman–Crippen MR) is 110 cm³/mol. The molecule has 0 unspecified atom stereocenters. The molecule has 2 nitrogen and oxygen atoms in total. The third-order valence-electron chi connectivity index (χ3n) is 4.29. The van der Waals surface area contributed by atoms with Crippen LogP contribution in [0.5, 0.6) is 5.75 Å². The molecule has 0 atom stereocenters. The number of rotatable bonds is 4. The van der Waals surface area contributed by atoms with Crippen LogP contribution in [0.25, 0.3) is 11.6 Å². The monoisotopic (exact) mass is 341 g/mol. The lowest BCUT2D eigenvalue weighted by Gasteiger charge is -2.21. The minimum Gasteiger partial charge on any atom is -0.508 e. The van der Waals surface area contributed by atoms with E-state index in [2.05, 4.69) is 63.0 Å². The summed E-state index contributed by atoms with van der Waals surface area (Å²) in [6, 6.07) is 15.7. The van der Waals surface area contributed by atoms with Crippen LogP contribution in [-0.4, -0.2) is 10.0 Å². The van der Waals surface area contributed by atoms with Gasteiger partial charge >= 0.3 is 0 Å². The van der Waals surface area contributed by atoms with Gasteiger partial charge < -0.3 is 10.0 Å². The van der Waals surface area contributed by atoms with Gasteiger partial charge in [0.2, 0.25) is 0 Å². The van der Waals surface area contributed by atoms with Crippen LogP contribution in [0.15, 0.2) is 97.0 Å². The summed E-state index contributed by atoms with van der Waals surface area (Å²) in [6.07, 6.45) is 12.3. The van der Waals surface area contributed by atoms with E-state index < -0.39 is 0 Å². The van der Waals surface area contributed by atoms with Crippen molar-refractivity contribution in [2.45, 2.75) is 13.8 Å². The highest BCUT2D eigenvalue weighted by atomic mass is 16.3. The zero-order chi connectivity index (χ0) is 18.5. The average molecular weight is 341 g/mol. The average Bonchev–Trinajstić information content (AvgIpc) is 2.64. The topological polar surface area (TPSA) is 23.5 Å². The van der Waals surface area contributed by atoms with E-state index in [0.717, 1.165) is 16.8 Å². The molecule has 130 valence electrons. The number of hydrogen-bond donors (Lipinski definition) is 1. The fraction of sp³-hybridized carbons (Fsp3) is 0.0833. The van der Waals surface area contributed by atoms with Crippen LogP contribution < -0.4 is 0 Å². The Morgan fingerprint density at radius 2 is 1.69 bits per heavy atom. The number of nitrogens with zero attached hydrogens (tertiary/aromatic N) is 1. The van der Waals surface area contributed by atoms with Gasteiger partial charge in [0.1, 0.15) is 5.75 Å². The quantitative estimate of drug-likeness (QED) is 0.732. The molecule has 0 amide bonds. The van der Waals surface area contributed by atoms with Gasteiger partial charge in [0, 0.05) is 18.1 Å². The van der Waals surface area contributed by atoms with Gasteiger partial charge in [0.05, 0.1) is 0 Å². The molecular weight excluding hydrogens is 318 g/mol. The molecule has 2 aromatic carbocycles. The van der Waals surface area contributed by atoms with E-state index in [1.165, 1.54) is 16.7 Å². The van der Waals surface area contributed by atoms with Gasteiger partial charge in [0.15, 0.2) is 0 Å². The molecule has 0 radical (unpaired) electrons. The summed E-state index contributed by atoms with van der Waals surface area (Å²) in [6.45, 7) is 8.36. The highest BCUT2D eigenvalue weighted by Gasteiger charge is 2.06. The number of phenols is 1. The van der Waals surface area contributed by atoms with E-state index in [1.807, 2.05) is 35.4 Å². The summed E-state index contributed by atoms with van der Waals surface area (Å²) in [7, 11) is 0. The Bertz CT molecular complexity index is 910. The molecule has 1 heterocycles. The second-order valence-corrected chi connectivity index (χ2v) is 6.46. The Kier molecular flexibility index (Phi) is 5.23. The predicted octanol–water partition coefficient (Wildman–Crippen LogP) is 6.04. The molecule has 0 aromatic heterocycles. The number of hydrogen-bond acceptors (Lipinski definition) is 2. The third-order valence-corrected chi connectivity index (χ3v) is 4.29. The SMILES string of the molecule is C=C1C=C(/C=C/c2ccc(O)cc2)C=CN1/C=C(\C)c1ccc(C)cc1. The summed E-state index contributed by atoms with van der Waals surface area (Å²) < 4.78 is 0. The van der Waals surface area contributed by atoms with Crippen molar-refractivity contribution in [1.29, 1.82) is 0 Å². The maximum Gasteiger partial charge on any atom is 0.115 e. The molecular formula is C24H23NO.